The summed E-state index contributed by atoms with van der Waals surface area (Å²) in [6, 6.07) is 6.38. The average molecular weight is 293 g/mol. The van der Waals surface area contributed by atoms with E-state index in [1.165, 1.54) is 11.1 Å². The molecule has 3 heteroatoms. The highest BCUT2D eigenvalue weighted by atomic mass is 16.5. The number of aryl methyl sites for hydroxylation is 1. The number of aliphatic hydroxyl groups is 1. The summed E-state index contributed by atoms with van der Waals surface area (Å²) in [4.78, 5) is 2.28. The van der Waals surface area contributed by atoms with Crippen molar-refractivity contribution in [2.75, 3.05) is 33.4 Å². The minimum absolute atomic E-state index is 0.304. The molecule has 0 atom stereocenters. The van der Waals surface area contributed by atoms with Gasteiger partial charge in [-0.15, -0.1) is 0 Å². The Hall–Kier alpha value is -1.06. The van der Waals surface area contributed by atoms with E-state index in [0.717, 1.165) is 44.7 Å². The predicted octanol–water partition coefficient (Wildman–Crippen LogP) is 3.59. The zero-order valence-electron chi connectivity index (χ0n) is 14.1. The van der Waals surface area contributed by atoms with Crippen molar-refractivity contribution in [2.45, 2.75) is 46.0 Å². The number of nitrogens with zero attached hydrogens (tertiary/aromatic N) is 1. The van der Waals surface area contributed by atoms with Gasteiger partial charge in [0.05, 0.1) is 0 Å². The Morgan fingerprint density at radius 2 is 1.90 bits per heavy atom. The number of aliphatic hydroxyl groups excluding tert-OH is 1. The zero-order chi connectivity index (χ0) is 15.7. The molecule has 1 aromatic rings. The molecule has 0 heterocycles. The van der Waals surface area contributed by atoms with Crippen LogP contribution in [0.5, 0.6) is 5.75 Å². The maximum absolute atomic E-state index is 8.74. The van der Waals surface area contributed by atoms with Gasteiger partial charge in [-0.2, -0.15) is 0 Å². The fraction of sp³-hybridized carbons (Fsp3) is 0.667. The fourth-order valence-electron chi connectivity index (χ4n) is 2.49. The Kier molecular flexibility index (Phi) is 8.40. The van der Waals surface area contributed by atoms with Crippen molar-refractivity contribution in [1.29, 1.82) is 0 Å². The topological polar surface area (TPSA) is 32.7 Å². The molecule has 120 valence electrons. The molecule has 0 bridgehead atoms. The number of likely N-dealkylation sites (N-methyl/N-ethyl adjacent to an activating group) is 1. The van der Waals surface area contributed by atoms with Crippen LogP contribution >= 0.6 is 0 Å². The normalized spacial score (nSPS) is 11.4. The molecule has 0 unspecified atom stereocenters. The lowest BCUT2D eigenvalue weighted by Crippen LogP contribution is -2.25. The summed E-state index contributed by atoms with van der Waals surface area (Å²) in [5.74, 6) is 1.52. The van der Waals surface area contributed by atoms with Gasteiger partial charge in [0.1, 0.15) is 12.4 Å². The van der Waals surface area contributed by atoms with E-state index in [1.54, 1.807) is 0 Å². The van der Waals surface area contributed by atoms with Crippen LogP contribution in [0.2, 0.25) is 0 Å². The van der Waals surface area contributed by atoms with Gasteiger partial charge >= 0.3 is 0 Å². The smallest absolute Gasteiger partial charge is 0.119 e. The number of hydrogen-bond acceptors (Lipinski definition) is 3. The van der Waals surface area contributed by atoms with Crippen LogP contribution in [0.4, 0.5) is 0 Å². The van der Waals surface area contributed by atoms with Gasteiger partial charge in [0.2, 0.25) is 0 Å². The van der Waals surface area contributed by atoms with E-state index < -0.39 is 0 Å². The maximum atomic E-state index is 8.74. The highest BCUT2D eigenvalue weighted by Gasteiger charge is 2.05. The molecule has 0 aliphatic carbocycles. The molecule has 1 N–H and O–H groups in total. The van der Waals surface area contributed by atoms with Crippen LogP contribution in [0.3, 0.4) is 0 Å². The van der Waals surface area contributed by atoms with Gasteiger partial charge in [-0.25, -0.2) is 0 Å². The Morgan fingerprint density at radius 1 is 1.14 bits per heavy atom. The third-order valence-electron chi connectivity index (χ3n) is 3.80. The zero-order valence-corrected chi connectivity index (χ0v) is 14.1. The first-order valence-electron chi connectivity index (χ1n) is 8.07. The molecule has 0 radical (unpaired) electrons. The molecular formula is C18H31NO2. The van der Waals surface area contributed by atoms with Crippen molar-refractivity contribution >= 4 is 0 Å². The third-order valence-corrected chi connectivity index (χ3v) is 3.80. The number of ether oxygens (including phenoxy) is 1. The SMILES string of the molecule is Cc1cc(OCCN(C)CCCCCO)ccc1C(C)C. The molecule has 1 aromatic carbocycles. The number of rotatable bonds is 10. The molecule has 0 aliphatic heterocycles. The van der Waals surface area contributed by atoms with E-state index in [9.17, 15) is 0 Å². The molecule has 21 heavy (non-hydrogen) atoms. The summed E-state index contributed by atoms with van der Waals surface area (Å²) in [6.45, 7) is 9.60. The van der Waals surface area contributed by atoms with Crippen molar-refractivity contribution in [2.24, 2.45) is 0 Å². The van der Waals surface area contributed by atoms with Crippen LogP contribution in [0.1, 0.15) is 50.2 Å². The molecule has 0 spiro atoms. The summed E-state index contributed by atoms with van der Waals surface area (Å²) in [6.07, 6.45) is 3.14. The second kappa shape index (κ2) is 9.80. The first-order chi connectivity index (χ1) is 10.0. The Labute approximate surface area is 129 Å². The number of hydrogen-bond donors (Lipinski definition) is 1. The first-order valence-corrected chi connectivity index (χ1v) is 8.07. The molecule has 0 amide bonds. The summed E-state index contributed by atoms with van der Waals surface area (Å²) >= 11 is 0. The van der Waals surface area contributed by atoms with Gasteiger partial charge < -0.3 is 14.7 Å². The number of benzene rings is 1. The molecule has 0 aromatic heterocycles. The van der Waals surface area contributed by atoms with Crippen LogP contribution in [0, 0.1) is 6.92 Å². The van der Waals surface area contributed by atoms with Crippen molar-refractivity contribution in [3.63, 3.8) is 0 Å². The van der Waals surface area contributed by atoms with E-state index in [0.29, 0.717) is 12.5 Å². The predicted molar refractivity (Wildman–Crippen MR) is 89.2 cm³/mol. The van der Waals surface area contributed by atoms with Gasteiger partial charge in [0.25, 0.3) is 0 Å². The van der Waals surface area contributed by atoms with Crippen molar-refractivity contribution in [3.05, 3.63) is 29.3 Å². The molecule has 0 fully saturated rings. The lowest BCUT2D eigenvalue weighted by atomic mass is 9.98. The molecule has 0 saturated heterocycles. The summed E-state index contributed by atoms with van der Waals surface area (Å²) in [5, 5.41) is 8.74. The largest absolute Gasteiger partial charge is 0.492 e. The minimum atomic E-state index is 0.304. The van der Waals surface area contributed by atoms with Gasteiger partial charge in [-0.05, 0) is 69.0 Å². The standard InChI is InChI=1S/C18H31NO2/c1-15(2)18-9-8-17(14-16(18)3)21-13-11-19(4)10-6-5-7-12-20/h8-9,14-15,20H,5-7,10-13H2,1-4H3. The lowest BCUT2D eigenvalue weighted by Gasteiger charge is -2.17. The van der Waals surface area contributed by atoms with Crippen LogP contribution in [0.15, 0.2) is 18.2 Å². The van der Waals surface area contributed by atoms with Crippen LogP contribution in [-0.2, 0) is 0 Å². The van der Waals surface area contributed by atoms with Crippen LogP contribution in [0.25, 0.3) is 0 Å². The Morgan fingerprint density at radius 3 is 2.52 bits per heavy atom. The first kappa shape index (κ1) is 18.0. The summed E-state index contributed by atoms with van der Waals surface area (Å²) < 4.78 is 5.84. The van der Waals surface area contributed by atoms with Gasteiger partial charge in [-0.3, -0.25) is 0 Å². The monoisotopic (exact) mass is 293 g/mol. The van der Waals surface area contributed by atoms with Crippen molar-refractivity contribution < 1.29 is 9.84 Å². The Bertz CT molecular complexity index is 404. The molecule has 1 rings (SSSR count). The number of unbranched alkanes of at least 4 members (excludes halogenated alkanes) is 2. The van der Waals surface area contributed by atoms with Gasteiger partial charge in [0.15, 0.2) is 0 Å². The van der Waals surface area contributed by atoms with Crippen molar-refractivity contribution in [1.82, 2.24) is 4.90 Å². The minimum Gasteiger partial charge on any atom is -0.492 e. The molecule has 0 saturated carbocycles. The fourth-order valence-corrected chi connectivity index (χ4v) is 2.49. The second-order valence-corrected chi connectivity index (χ2v) is 6.11. The quantitative estimate of drug-likeness (QED) is 0.669. The molecule has 3 nitrogen and oxygen atoms in total. The Balaban J connectivity index is 2.27. The molecular weight excluding hydrogens is 262 g/mol. The van der Waals surface area contributed by atoms with E-state index in [-0.39, 0.29) is 0 Å². The van der Waals surface area contributed by atoms with Crippen LogP contribution in [-0.4, -0.2) is 43.4 Å². The van der Waals surface area contributed by atoms with Gasteiger partial charge in [-0.1, -0.05) is 19.9 Å². The molecule has 0 aliphatic rings. The highest BCUT2D eigenvalue weighted by molar-refractivity contribution is 5.36. The summed E-state index contributed by atoms with van der Waals surface area (Å²) in [7, 11) is 2.12. The van der Waals surface area contributed by atoms with E-state index >= 15 is 0 Å². The van der Waals surface area contributed by atoms with E-state index in [2.05, 4.69) is 50.9 Å². The lowest BCUT2D eigenvalue weighted by molar-refractivity contribution is 0.230. The average Bonchev–Trinajstić information content (AvgIpc) is 2.43. The highest BCUT2D eigenvalue weighted by Crippen LogP contribution is 2.23. The summed E-state index contributed by atoms with van der Waals surface area (Å²) in [5.41, 5.74) is 2.70. The second-order valence-electron chi connectivity index (χ2n) is 6.11. The van der Waals surface area contributed by atoms with Crippen LogP contribution < -0.4 is 4.74 Å². The van der Waals surface area contributed by atoms with Gasteiger partial charge in [0, 0.05) is 13.2 Å². The van der Waals surface area contributed by atoms with E-state index in [4.69, 9.17) is 9.84 Å². The van der Waals surface area contributed by atoms with Crippen molar-refractivity contribution in [3.8, 4) is 5.75 Å². The van der Waals surface area contributed by atoms with E-state index in [1.807, 2.05) is 0 Å². The maximum Gasteiger partial charge on any atom is 0.119 e. The third kappa shape index (κ3) is 6.96.